The molecule has 0 bridgehead atoms. The number of aliphatic carboxylic acids is 1. The third-order valence-electron chi connectivity index (χ3n) is 3.91. The fourth-order valence-electron chi connectivity index (χ4n) is 2.56. The van der Waals surface area contributed by atoms with E-state index in [-0.39, 0.29) is 36.7 Å². The summed E-state index contributed by atoms with van der Waals surface area (Å²) in [6.07, 6.45) is 2.80. The topological polar surface area (TPSA) is 108 Å². The van der Waals surface area contributed by atoms with E-state index in [1.54, 1.807) is 0 Å². The molecule has 0 aromatic carbocycles. The molecule has 2 aliphatic rings. The Kier molecular flexibility index (Phi) is 4.04. The van der Waals surface area contributed by atoms with E-state index >= 15 is 0 Å². The van der Waals surface area contributed by atoms with Crippen LogP contribution in [0.5, 0.6) is 0 Å². The van der Waals surface area contributed by atoms with Crippen LogP contribution in [-0.2, 0) is 14.4 Å². The quantitative estimate of drug-likeness (QED) is 0.503. The molecule has 1 saturated heterocycles. The molecule has 106 valence electrons. The van der Waals surface area contributed by atoms with E-state index in [0.29, 0.717) is 6.54 Å². The normalized spacial score (nSPS) is 25.1. The molecular formula is C12H19N3O4. The summed E-state index contributed by atoms with van der Waals surface area (Å²) >= 11 is 0. The van der Waals surface area contributed by atoms with E-state index in [2.05, 4.69) is 16.0 Å². The van der Waals surface area contributed by atoms with Gasteiger partial charge in [-0.15, -0.1) is 0 Å². The van der Waals surface area contributed by atoms with Crippen molar-refractivity contribution in [2.24, 2.45) is 5.41 Å². The van der Waals surface area contributed by atoms with Crippen molar-refractivity contribution >= 4 is 17.8 Å². The smallest absolute Gasteiger partial charge is 0.303 e. The van der Waals surface area contributed by atoms with Crippen LogP contribution < -0.4 is 16.0 Å². The van der Waals surface area contributed by atoms with Gasteiger partial charge >= 0.3 is 5.97 Å². The molecule has 0 aromatic heterocycles. The molecule has 1 aliphatic carbocycles. The highest BCUT2D eigenvalue weighted by atomic mass is 16.4. The van der Waals surface area contributed by atoms with Gasteiger partial charge in [0, 0.05) is 13.1 Å². The highest BCUT2D eigenvalue weighted by Gasteiger charge is 2.39. The van der Waals surface area contributed by atoms with E-state index in [1.807, 2.05) is 0 Å². The first-order valence-electron chi connectivity index (χ1n) is 6.50. The number of carboxylic acid groups (broad SMARTS) is 1. The van der Waals surface area contributed by atoms with E-state index < -0.39 is 12.0 Å². The minimum atomic E-state index is -0.822. The summed E-state index contributed by atoms with van der Waals surface area (Å²) in [7, 11) is 0. The van der Waals surface area contributed by atoms with Crippen LogP contribution in [0, 0.1) is 5.41 Å². The molecule has 1 saturated carbocycles. The van der Waals surface area contributed by atoms with Crippen LogP contribution in [0.3, 0.4) is 0 Å². The van der Waals surface area contributed by atoms with Crippen LogP contribution in [-0.4, -0.2) is 48.6 Å². The van der Waals surface area contributed by atoms with Crippen molar-refractivity contribution in [1.82, 2.24) is 16.0 Å². The molecule has 1 unspecified atom stereocenters. The third kappa shape index (κ3) is 3.44. The van der Waals surface area contributed by atoms with Gasteiger partial charge in [-0.25, -0.2) is 0 Å². The van der Waals surface area contributed by atoms with E-state index in [4.69, 9.17) is 5.11 Å². The first-order valence-corrected chi connectivity index (χ1v) is 6.50. The van der Waals surface area contributed by atoms with E-state index in [9.17, 15) is 14.4 Å². The van der Waals surface area contributed by atoms with Crippen molar-refractivity contribution in [3.63, 3.8) is 0 Å². The van der Waals surface area contributed by atoms with Gasteiger partial charge in [0.2, 0.25) is 11.8 Å². The molecule has 19 heavy (non-hydrogen) atoms. The monoisotopic (exact) mass is 269 g/mol. The van der Waals surface area contributed by atoms with Crippen molar-refractivity contribution < 1.29 is 19.5 Å². The summed E-state index contributed by atoms with van der Waals surface area (Å²) in [6.45, 7) is 0.805. The average molecular weight is 269 g/mol. The van der Waals surface area contributed by atoms with Gasteiger partial charge in [0.25, 0.3) is 0 Å². The number of rotatable bonds is 5. The van der Waals surface area contributed by atoms with Crippen LogP contribution in [0.4, 0.5) is 0 Å². The van der Waals surface area contributed by atoms with Gasteiger partial charge in [0.15, 0.2) is 0 Å². The first-order chi connectivity index (χ1) is 9.01. The predicted octanol–water partition coefficient (Wildman–Crippen LogP) is -1.16. The lowest BCUT2D eigenvalue weighted by molar-refractivity contribution is -0.142. The van der Waals surface area contributed by atoms with Crippen molar-refractivity contribution in [3.05, 3.63) is 0 Å². The Morgan fingerprint density at radius 3 is 2.63 bits per heavy atom. The van der Waals surface area contributed by atoms with Crippen molar-refractivity contribution in [2.75, 3.05) is 19.6 Å². The summed E-state index contributed by atoms with van der Waals surface area (Å²) in [5.41, 5.74) is -0.278. The predicted molar refractivity (Wildman–Crippen MR) is 66.3 cm³/mol. The number of piperazine rings is 1. The Morgan fingerprint density at radius 1 is 1.42 bits per heavy atom. The van der Waals surface area contributed by atoms with Gasteiger partial charge in [-0.05, 0) is 18.3 Å². The summed E-state index contributed by atoms with van der Waals surface area (Å²) in [5, 5.41) is 17.1. The first kappa shape index (κ1) is 13.8. The van der Waals surface area contributed by atoms with E-state index in [0.717, 1.165) is 19.3 Å². The second-order valence-corrected chi connectivity index (χ2v) is 5.38. The average Bonchev–Trinajstić information content (AvgIpc) is 2.32. The largest absolute Gasteiger partial charge is 0.481 e. The summed E-state index contributed by atoms with van der Waals surface area (Å²) in [4.78, 5) is 33.7. The molecule has 2 fully saturated rings. The molecule has 2 rings (SSSR count). The number of hydrogen-bond donors (Lipinski definition) is 4. The highest BCUT2D eigenvalue weighted by Crippen LogP contribution is 2.43. The third-order valence-corrected chi connectivity index (χ3v) is 3.91. The molecule has 0 spiro atoms. The van der Waals surface area contributed by atoms with Crippen LogP contribution in [0.25, 0.3) is 0 Å². The number of carbonyl (C=O) groups is 3. The minimum absolute atomic E-state index is 0.0993. The molecule has 7 heteroatoms. The van der Waals surface area contributed by atoms with Crippen LogP contribution in [0.15, 0.2) is 0 Å². The summed E-state index contributed by atoms with van der Waals surface area (Å²) in [5.74, 6) is -1.13. The molecule has 0 radical (unpaired) electrons. The molecule has 1 atom stereocenters. The fourth-order valence-corrected chi connectivity index (χ4v) is 2.56. The van der Waals surface area contributed by atoms with Gasteiger partial charge in [0.1, 0.15) is 6.04 Å². The van der Waals surface area contributed by atoms with Crippen molar-refractivity contribution in [1.29, 1.82) is 0 Å². The van der Waals surface area contributed by atoms with Gasteiger partial charge in [0.05, 0.1) is 13.0 Å². The van der Waals surface area contributed by atoms with E-state index in [1.165, 1.54) is 0 Å². The Hall–Kier alpha value is -1.63. The van der Waals surface area contributed by atoms with Crippen molar-refractivity contribution in [2.45, 2.75) is 31.7 Å². The zero-order valence-electron chi connectivity index (χ0n) is 10.7. The summed E-state index contributed by atoms with van der Waals surface area (Å²) in [6, 6.07) is -0.431. The number of carboxylic acids is 1. The maximum atomic E-state index is 11.9. The van der Waals surface area contributed by atoms with Crippen LogP contribution in [0.1, 0.15) is 25.7 Å². The standard InChI is InChI=1S/C12H19N3O4/c16-9-6-13-8(5-14-9)11(19)15-7-12(2-1-3-12)4-10(17)18/h8,13H,1-7H2,(H,14,16)(H,15,19)(H,17,18). The summed E-state index contributed by atoms with van der Waals surface area (Å²) < 4.78 is 0. The lowest BCUT2D eigenvalue weighted by Gasteiger charge is -2.41. The second kappa shape index (κ2) is 5.56. The SMILES string of the molecule is O=C(O)CC1(CNC(=O)C2CNC(=O)CN2)CCC1. The zero-order valence-corrected chi connectivity index (χ0v) is 10.7. The van der Waals surface area contributed by atoms with Crippen LogP contribution >= 0.6 is 0 Å². The highest BCUT2D eigenvalue weighted by molar-refractivity contribution is 5.86. The molecule has 7 nitrogen and oxygen atoms in total. The Bertz CT molecular complexity index is 382. The molecule has 1 heterocycles. The second-order valence-electron chi connectivity index (χ2n) is 5.38. The molecule has 1 aliphatic heterocycles. The minimum Gasteiger partial charge on any atom is -0.481 e. The molecule has 4 N–H and O–H groups in total. The van der Waals surface area contributed by atoms with Gasteiger partial charge in [-0.2, -0.15) is 0 Å². The molecule has 2 amide bonds. The number of carbonyl (C=O) groups excluding carboxylic acids is 2. The Morgan fingerprint density at radius 2 is 2.16 bits per heavy atom. The van der Waals surface area contributed by atoms with Gasteiger partial charge in [-0.1, -0.05) is 6.42 Å². The lowest BCUT2D eigenvalue weighted by Crippen LogP contribution is -2.59. The Balaban J connectivity index is 1.79. The van der Waals surface area contributed by atoms with Gasteiger partial charge in [-0.3, -0.25) is 19.7 Å². The number of nitrogens with one attached hydrogen (secondary N) is 3. The fraction of sp³-hybridized carbons (Fsp3) is 0.750. The lowest BCUT2D eigenvalue weighted by atomic mass is 9.66. The Labute approximate surface area is 111 Å². The van der Waals surface area contributed by atoms with Crippen molar-refractivity contribution in [3.8, 4) is 0 Å². The zero-order chi connectivity index (χ0) is 13.9. The number of hydrogen-bond acceptors (Lipinski definition) is 4. The van der Waals surface area contributed by atoms with Crippen LogP contribution in [0.2, 0.25) is 0 Å². The maximum Gasteiger partial charge on any atom is 0.303 e. The molecule has 0 aromatic rings. The molecular weight excluding hydrogens is 250 g/mol. The number of amides is 2. The maximum absolute atomic E-state index is 11.9. The van der Waals surface area contributed by atoms with Gasteiger partial charge < -0.3 is 15.7 Å².